The molecule has 0 amide bonds. The van der Waals surface area contributed by atoms with Crippen LogP contribution in [-0.2, 0) is 11.3 Å². The molecule has 0 radical (unpaired) electrons. The molecule has 0 aliphatic carbocycles. The highest BCUT2D eigenvalue weighted by atomic mass is 32.2. The molecule has 0 fully saturated rings. The number of thioether (sulfide) groups is 1. The summed E-state index contributed by atoms with van der Waals surface area (Å²) in [5.74, 6) is 0. The Bertz CT molecular complexity index is 1040. The average Bonchev–Trinajstić information content (AvgIpc) is 2.86. The van der Waals surface area contributed by atoms with Crippen molar-refractivity contribution in [2.75, 3.05) is 4.90 Å². The van der Waals surface area contributed by atoms with E-state index >= 15 is 0 Å². The zero-order valence-corrected chi connectivity index (χ0v) is 16.4. The minimum atomic E-state index is 0.0244. The minimum absolute atomic E-state index is 0.0244. The van der Waals surface area contributed by atoms with Crippen LogP contribution in [-0.4, -0.2) is 10.2 Å². The summed E-state index contributed by atoms with van der Waals surface area (Å²) in [6.45, 7) is 2.29. The average molecular weight is 385 g/mol. The van der Waals surface area contributed by atoms with E-state index in [2.05, 4.69) is 47.4 Å². The van der Waals surface area contributed by atoms with Crippen molar-refractivity contribution >= 4 is 39.0 Å². The number of carbonyl (C=O) groups is 1. The lowest BCUT2D eigenvalue weighted by atomic mass is 10.1. The first-order valence-corrected chi connectivity index (χ1v) is 9.97. The number of carbonyl (C=O) groups excluding carboxylic acids is 1. The predicted molar refractivity (Wildman–Crippen MR) is 119 cm³/mol. The van der Waals surface area contributed by atoms with E-state index in [-0.39, 0.29) is 5.12 Å². The van der Waals surface area contributed by atoms with Gasteiger partial charge in [0.1, 0.15) is 5.04 Å². The van der Waals surface area contributed by atoms with Gasteiger partial charge in [-0.05, 0) is 41.1 Å². The van der Waals surface area contributed by atoms with Crippen molar-refractivity contribution in [3.05, 3.63) is 102 Å². The molecule has 3 nitrogen and oxygen atoms in total. The molecule has 0 N–H and O–H groups in total. The monoisotopic (exact) mass is 384 g/mol. The van der Waals surface area contributed by atoms with Crippen LogP contribution < -0.4 is 4.90 Å². The molecule has 1 aliphatic rings. The van der Waals surface area contributed by atoms with Gasteiger partial charge in [0.05, 0.1) is 17.1 Å². The first-order chi connectivity index (χ1) is 13.7. The highest BCUT2D eigenvalue weighted by molar-refractivity contribution is 8.26. The van der Waals surface area contributed by atoms with Crippen molar-refractivity contribution in [1.82, 2.24) is 0 Å². The highest BCUT2D eigenvalue weighted by Gasteiger charge is 2.22. The van der Waals surface area contributed by atoms with Gasteiger partial charge in [-0.2, -0.15) is 0 Å². The van der Waals surface area contributed by atoms with Crippen LogP contribution in [0.2, 0.25) is 0 Å². The van der Waals surface area contributed by atoms with Crippen molar-refractivity contribution in [3.63, 3.8) is 0 Å². The van der Waals surface area contributed by atoms with Crippen molar-refractivity contribution in [3.8, 4) is 0 Å². The Morgan fingerprint density at radius 1 is 0.893 bits per heavy atom. The van der Waals surface area contributed by atoms with Crippen LogP contribution in [0.15, 0.2) is 96.0 Å². The van der Waals surface area contributed by atoms with Crippen LogP contribution >= 0.6 is 11.8 Å². The predicted octanol–water partition coefficient (Wildman–Crippen LogP) is 6.06. The molecule has 0 spiro atoms. The minimum Gasteiger partial charge on any atom is -0.335 e. The third-order valence-corrected chi connectivity index (χ3v) is 5.16. The molecular formula is C24H20N2OS. The van der Waals surface area contributed by atoms with Crippen molar-refractivity contribution in [1.29, 1.82) is 0 Å². The topological polar surface area (TPSA) is 32.7 Å². The maximum Gasteiger partial charge on any atom is 0.192 e. The fraction of sp³-hybridized carbons (Fsp3) is 0.0833. The largest absolute Gasteiger partial charge is 0.335 e. The molecule has 3 aromatic rings. The van der Waals surface area contributed by atoms with E-state index < -0.39 is 0 Å². The number of nitrogens with zero attached hydrogens (tertiary/aromatic N) is 2. The summed E-state index contributed by atoms with van der Waals surface area (Å²) >= 11 is 1.17. The first kappa shape index (κ1) is 18.3. The third kappa shape index (κ3) is 4.07. The van der Waals surface area contributed by atoms with Crippen LogP contribution in [0.3, 0.4) is 0 Å². The Morgan fingerprint density at radius 2 is 1.54 bits per heavy atom. The Hall–Kier alpha value is -3.11. The van der Waals surface area contributed by atoms with Gasteiger partial charge in [-0.1, -0.05) is 72.8 Å². The highest BCUT2D eigenvalue weighted by Crippen LogP contribution is 2.39. The van der Waals surface area contributed by atoms with Gasteiger partial charge in [-0.3, -0.25) is 4.79 Å². The Balaban J connectivity index is 1.88. The van der Waals surface area contributed by atoms with Gasteiger partial charge < -0.3 is 4.90 Å². The molecule has 0 bridgehead atoms. The van der Waals surface area contributed by atoms with Crippen LogP contribution in [0.25, 0.3) is 5.70 Å². The van der Waals surface area contributed by atoms with E-state index in [4.69, 9.17) is 4.99 Å². The van der Waals surface area contributed by atoms with E-state index in [1.165, 1.54) is 17.3 Å². The zero-order valence-electron chi connectivity index (χ0n) is 15.6. The second-order valence-electron chi connectivity index (χ2n) is 6.50. The summed E-state index contributed by atoms with van der Waals surface area (Å²) in [7, 11) is 0. The number of fused-ring (bicyclic) bond motifs is 1. The van der Waals surface area contributed by atoms with Crippen molar-refractivity contribution < 1.29 is 4.79 Å². The number of anilines is 1. The SMILES string of the molecule is CC(=O)SC1=Nc2ccccc2N(Cc2ccccc2)C(c2ccccc2)=C1. The van der Waals surface area contributed by atoms with Gasteiger partial charge >= 0.3 is 0 Å². The summed E-state index contributed by atoms with van der Waals surface area (Å²) in [5, 5.41) is 0.728. The van der Waals surface area contributed by atoms with Crippen molar-refractivity contribution in [2.45, 2.75) is 13.5 Å². The molecule has 0 atom stereocenters. The molecule has 0 saturated carbocycles. The molecule has 138 valence electrons. The summed E-state index contributed by atoms with van der Waals surface area (Å²) in [4.78, 5) is 18.9. The normalized spacial score (nSPS) is 13.2. The second kappa shape index (κ2) is 8.28. The van der Waals surface area contributed by atoms with Crippen molar-refractivity contribution in [2.24, 2.45) is 4.99 Å². The van der Waals surface area contributed by atoms with Gasteiger partial charge in [-0.15, -0.1) is 0 Å². The van der Waals surface area contributed by atoms with Crippen LogP contribution in [0.4, 0.5) is 11.4 Å². The summed E-state index contributed by atoms with van der Waals surface area (Å²) in [6.07, 6.45) is 2.02. The third-order valence-electron chi connectivity index (χ3n) is 4.46. The first-order valence-electron chi connectivity index (χ1n) is 9.15. The van der Waals surface area contributed by atoms with Crippen LogP contribution in [0.1, 0.15) is 18.1 Å². The molecule has 1 heterocycles. The summed E-state index contributed by atoms with van der Waals surface area (Å²) < 4.78 is 0. The number of benzene rings is 3. The molecule has 0 unspecified atom stereocenters. The summed E-state index contributed by atoms with van der Waals surface area (Å²) in [5.41, 5.74) is 5.22. The fourth-order valence-electron chi connectivity index (χ4n) is 3.25. The van der Waals surface area contributed by atoms with E-state index in [1.807, 2.05) is 48.5 Å². The van der Waals surface area contributed by atoms with Gasteiger partial charge in [0.15, 0.2) is 5.12 Å². The van der Waals surface area contributed by atoms with Gasteiger partial charge in [-0.25, -0.2) is 4.99 Å². The lowest BCUT2D eigenvalue weighted by molar-refractivity contribution is -0.109. The molecule has 0 saturated heterocycles. The maximum absolute atomic E-state index is 11.8. The Labute approximate surface area is 169 Å². The fourth-order valence-corrected chi connectivity index (χ4v) is 3.86. The number of aliphatic imine (C=N–C) groups is 1. The zero-order chi connectivity index (χ0) is 19.3. The molecule has 1 aliphatic heterocycles. The smallest absolute Gasteiger partial charge is 0.192 e. The van der Waals surface area contributed by atoms with Crippen LogP contribution in [0, 0.1) is 0 Å². The maximum atomic E-state index is 11.8. The van der Waals surface area contributed by atoms with E-state index in [9.17, 15) is 4.79 Å². The molecule has 4 rings (SSSR count). The molecule has 28 heavy (non-hydrogen) atoms. The molecule has 4 heteroatoms. The van der Waals surface area contributed by atoms with E-state index in [0.717, 1.165) is 22.6 Å². The quantitative estimate of drug-likeness (QED) is 0.550. The van der Waals surface area contributed by atoms with Crippen LogP contribution in [0.5, 0.6) is 0 Å². The number of hydrogen-bond donors (Lipinski definition) is 0. The van der Waals surface area contributed by atoms with Gasteiger partial charge in [0.25, 0.3) is 0 Å². The summed E-state index contributed by atoms with van der Waals surface area (Å²) in [6, 6.07) is 28.7. The standard InChI is InChI=1S/C24H20N2OS/c1-18(27)28-24-16-23(20-12-6-3-7-13-20)26(17-19-10-4-2-5-11-19)22-15-9-8-14-21(22)25-24/h2-16H,17H2,1H3. The number of para-hydroxylation sites is 2. The lowest BCUT2D eigenvalue weighted by Crippen LogP contribution is -2.21. The van der Waals surface area contributed by atoms with E-state index in [1.54, 1.807) is 6.92 Å². The van der Waals surface area contributed by atoms with Gasteiger partial charge in [0.2, 0.25) is 0 Å². The van der Waals surface area contributed by atoms with E-state index in [0.29, 0.717) is 11.6 Å². The Kier molecular flexibility index (Phi) is 5.40. The second-order valence-corrected chi connectivity index (χ2v) is 7.70. The lowest BCUT2D eigenvalue weighted by Gasteiger charge is -2.28. The molecule has 0 aromatic heterocycles. The van der Waals surface area contributed by atoms with Gasteiger partial charge in [0, 0.05) is 13.5 Å². The number of hydrogen-bond acceptors (Lipinski definition) is 4. The number of rotatable bonds is 3. The molecular weight excluding hydrogens is 364 g/mol. The Morgan fingerprint density at radius 3 is 2.25 bits per heavy atom. The molecule has 3 aromatic carbocycles.